The summed E-state index contributed by atoms with van der Waals surface area (Å²) in [4.78, 5) is 22.1. The van der Waals surface area contributed by atoms with Gasteiger partial charge in [-0.05, 0) is 50.7 Å². The Morgan fingerprint density at radius 3 is 2.15 bits per heavy atom. The van der Waals surface area contributed by atoms with Gasteiger partial charge in [0, 0.05) is 19.9 Å². The highest BCUT2D eigenvalue weighted by Crippen LogP contribution is 2.38. The van der Waals surface area contributed by atoms with Gasteiger partial charge in [-0.25, -0.2) is 0 Å². The van der Waals surface area contributed by atoms with Crippen LogP contribution in [0.5, 0.6) is 0 Å². The molecule has 0 aliphatic carbocycles. The largest absolute Gasteiger partial charge is 0.492 e. The van der Waals surface area contributed by atoms with Crippen LogP contribution in [0, 0.1) is 0 Å². The molecule has 27 heavy (non-hydrogen) atoms. The zero-order valence-electron chi connectivity index (χ0n) is 16.7. The van der Waals surface area contributed by atoms with Crippen LogP contribution in [0.4, 0.5) is 0 Å². The van der Waals surface area contributed by atoms with Gasteiger partial charge in [0.05, 0.1) is 11.2 Å². The van der Waals surface area contributed by atoms with Gasteiger partial charge in [0.2, 0.25) is 5.91 Å². The second-order valence-corrected chi connectivity index (χ2v) is 7.85. The fourth-order valence-corrected chi connectivity index (χ4v) is 2.67. The van der Waals surface area contributed by atoms with E-state index in [2.05, 4.69) is 5.32 Å². The Morgan fingerprint density at radius 1 is 1.11 bits per heavy atom. The van der Waals surface area contributed by atoms with E-state index in [0.29, 0.717) is 13.0 Å². The smallest absolute Gasteiger partial charge is 0.481 e. The van der Waals surface area contributed by atoms with Gasteiger partial charge in [0.15, 0.2) is 0 Å². The molecule has 0 unspecified atom stereocenters. The van der Waals surface area contributed by atoms with Gasteiger partial charge in [-0.2, -0.15) is 0 Å². The van der Waals surface area contributed by atoms with Crippen molar-refractivity contribution in [2.45, 2.75) is 58.7 Å². The molecule has 0 radical (unpaired) electrons. The quantitative estimate of drug-likeness (QED) is 0.718. The molecule has 1 aliphatic heterocycles. The van der Waals surface area contributed by atoms with E-state index in [-0.39, 0.29) is 12.3 Å². The number of benzene rings is 1. The van der Waals surface area contributed by atoms with Gasteiger partial charge in [0.1, 0.15) is 0 Å². The SMILES string of the molecule is CC(=O)NCC(=Cc1ccc(CCC(=O)O)cc1)B1OC(C)(C)C(C)(C)O1. The lowest BCUT2D eigenvalue weighted by atomic mass is 9.77. The second kappa shape index (κ2) is 8.27. The molecule has 0 aromatic heterocycles. The van der Waals surface area contributed by atoms with Gasteiger partial charge in [-0.15, -0.1) is 0 Å². The Hall–Kier alpha value is -2.12. The third-order valence-electron chi connectivity index (χ3n) is 5.06. The highest BCUT2D eigenvalue weighted by molar-refractivity contribution is 6.56. The van der Waals surface area contributed by atoms with Crippen molar-refractivity contribution in [1.82, 2.24) is 5.32 Å². The van der Waals surface area contributed by atoms with Crippen LogP contribution in [-0.2, 0) is 25.3 Å². The van der Waals surface area contributed by atoms with Crippen molar-refractivity contribution < 1.29 is 24.0 Å². The van der Waals surface area contributed by atoms with Gasteiger partial charge < -0.3 is 19.7 Å². The molecule has 7 heteroatoms. The Balaban J connectivity index is 2.21. The number of rotatable bonds is 7. The Morgan fingerprint density at radius 2 is 1.67 bits per heavy atom. The summed E-state index contributed by atoms with van der Waals surface area (Å²) >= 11 is 0. The zero-order valence-corrected chi connectivity index (χ0v) is 16.7. The molecule has 1 fully saturated rings. The van der Waals surface area contributed by atoms with Crippen LogP contribution in [0.2, 0.25) is 0 Å². The molecule has 0 saturated carbocycles. The van der Waals surface area contributed by atoms with E-state index in [0.717, 1.165) is 16.6 Å². The molecule has 0 bridgehead atoms. The van der Waals surface area contributed by atoms with Crippen LogP contribution in [-0.4, -0.2) is 41.8 Å². The molecular weight excluding hydrogens is 345 g/mol. The number of amides is 1. The lowest BCUT2D eigenvalue weighted by Crippen LogP contribution is -2.41. The number of aryl methyl sites for hydroxylation is 1. The number of hydrogen-bond donors (Lipinski definition) is 2. The van der Waals surface area contributed by atoms with Gasteiger partial charge in [-0.1, -0.05) is 30.3 Å². The number of carbonyl (C=O) groups is 2. The monoisotopic (exact) mass is 373 g/mol. The van der Waals surface area contributed by atoms with Crippen LogP contribution in [0.25, 0.3) is 6.08 Å². The minimum Gasteiger partial charge on any atom is -0.481 e. The van der Waals surface area contributed by atoms with E-state index in [1.165, 1.54) is 6.92 Å². The second-order valence-electron chi connectivity index (χ2n) is 7.85. The maximum atomic E-state index is 11.4. The van der Waals surface area contributed by atoms with E-state index in [1.807, 2.05) is 58.0 Å². The lowest BCUT2D eigenvalue weighted by molar-refractivity contribution is -0.137. The van der Waals surface area contributed by atoms with Crippen molar-refractivity contribution in [3.63, 3.8) is 0 Å². The standard InChI is InChI=1S/C20H28BNO5/c1-14(23)22-13-17(21-26-19(2,3)20(4,5)27-21)12-16-8-6-15(7-9-16)10-11-18(24)25/h6-9,12H,10-11,13H2,1-5H3,(H,22,23)(H,24,25). The molecule has 2 rings (SSSR count). The van der Waals surface area contributed by atoms with Gasteiger partial charge in [0.25, 0.3) is 0 Å². The van der Waals surface area contributed by atoms with E-state index < -0.39 is 24.3 Å². The minimum atomic E-state index is -0.808. The maximum absolute atomic E-state index is 11.4. The lowest BCUT2D eigenvalue weighted by Gasteiger charge is -2.32. The average molecular weight is 373 g/mol. The van der Waals surface area contributed by atoms with Crippen molar-refractivity contribution in [2.75, 3.05) is 6.54 Å². The molecule has 1 saturated heterocycles. The van der Waals surface area contributed by atoms with E-state index in [9.17, 15) is 9.59 Å². The summed E-state index contributed by atoms with van der Waals surface area (Å²) in [5, 5.41) is 11.6. The molecule has 0 spiro atoms. The van der Waals surface area contributed by atoms with Crippen LogP contribution in [0.1, 0.15) is 52.2 Å². The predicted molar refractivity (Wildman–Crippen MR) is 105 cm³/mol. The zero-order chi connectivity index (χ0) is 20.2. The topological polar surface area (TPSA) is 84.9 Å². The predicted octanol–water partition coefficient (Wildman–Crippen LogP) is 2.85. The summed E-state index contributed by atoms with van der Waals surface area (Å²) in [5.41, 5.74) is 1.79. The van der Waals surface area contributed by atoms with Crippen LogP contribution in [0.3, 0.4) is 0 Å². The summed E-state index contributed by atoms with van der Waals surface area (Å²) in [6.07, 6.45) is 2.55. The number of aliphatic carboxylic acids is 1. The number of nitrogens with one attached hydrogen (secondary N) is 1. The molecule has 0 atom stereocenters. The third-order valence-corrected chi connectivity index (χ3v) is 5.06. The fraction of sp³-hybridized carbons (Fsp3) is 0.500. The van der Waals surface area contributed by atoms with Crippen LogP contribution >= 0.6 is 0 Å². The molecule has 1 aliphatic rings. The van der Waals surface area contributed by atoms with Gasteiger partial charge >= 0.3 is 13.1 Å². The molecule has 2 N–H and O–H groups in total. The van der Waals surface area contributed by atoms with E-state index in [4.69, 9.17) is 14.4 Å². The fourth-order valence-electron chi connectivity index (χ4n) is 2.67. The summed E-state index contributed by atoms with van der Waals surface area (Å²) in [6.45, 7) is 9.74. The van der Waals surface area contributed by atoms with Crippen LogP contribution in [0.15, 0.2) is 29.7 Å². The normalized spacial score (nSPS) is 18.4. The summed E-state index contributed by atoms with van der Waals surface area (Å²) in [6, 6.07) is 7.68. The third kappa shape index (κ3) is 5.68. The first-order valence-electron chi connectivity index (χ1n) is 9.11. The average Bonchev–Trinajstić information content (AvgIpc) is 2.78. The first kappa shape index (κ1) is 21.2. The number of carbonyl (C=O) groups excluding carboxylic acids is 1. The van der Waals surface area contributed by atoms with Crippen molar-refractivity contribution in [3.05, 3.63) is 40.9 Å². The van der Waals surface area contributed by atoms with Crippen molar-refractivity contribution in [1.29, 1.82) is 0 Å². The van der Waals surface area contributed by atoms with E-state index >= 15 is 0 Å². The number of carboxylic acid groups (broad SMARTS) is 1. The first-order chi connectivity index (χ1) is 12.5. The minimum absolute atomic E-state index is 0.108. The Labute approximate surface area is 161 Å². The molecule has 1 aromatic rings. The molecule has 146 valence electrons. The summed E-state index contributed by atoms with van der Waals surface area (Å²) in [5.74, 6) is -0.932. The Kier molecular flexibility index (Phi) is 6.49. The van der Waals surface area contributed by atoms with Crippen molar-refractivity contribution >= 4 is 25.1 Å². The summed E-state index contributed by atoms with van der Waals surface area (Å²) < 4.78 is 12.2. The van der Waals surface area contributed by atoms with Crippen molar-refractivity contribution in [3.8, 4) is 0 Å². The number of hydrogen-bond acceptors (Lipinski definition) is 4. The molecule has 1 amide bonds. The van der Waals surface area contributed by atoms with Crippen LogP contribution < -0.4 is 5.32 Å². The summed E-state index contributed by atoms with van der Waals surface area (Å²) in [7, 11) is -0.548. The first-order valence-corrected chi connectivity index (χ1v) is 9.11. The molecule has 6 nitrogen and oxygen atoms in total. The van der Waals surface area contributed by atoms with E-state index in [1.54, 1.807) is 0 Å². The Bertz CT molecular complexity index is 708. The van der Waals surface area contributed by atoms with Crippen molar-refractivity contribution in [2.24, 2.45) is 0 Å². The molecular formula is C20H28BNO5. The highest BCUT2D eigenvalue weighted by atomic mass is 16.7. The molecule has 1 heterocycles. The number of carboxylic acids is 1. The van der Waals surface area contributed by atoms with Gasteiger partial charge in [-0.3, -0.25) is 9.59 Å². The molecule has 1 aromatic carbocycles. The highest BCUT2D eigenvalue weighted by Gasteiger charge is 2.52. The maximum Gasteiger partial charge on any atom is 0.492 e.